The Morgan fingerprint density at radius 1 is 1.16 bits per heavy atom. The van der Waals surface area contributed by atoms with E-state index in [1.54, 1.807) is 0 Å². The number of ether oxygens (including phenoxy) is 3. The van der Waals surface area contributed by atoms with E-state index < -0.39 is 22.8 Å². The lowest BCUT2D eigenvalue weighted by molar-refractivity contribution is -0.384. The maximum Gasteiger partial charge on any atom is 0.417 e. The van der Waals surface area contributed by atoms with Crippen LogP contribution in [0.3, 0.4) is 0 Å². The van der Waals surface area contributed by atoms with Gasteiger partial charge in [0, 0.05) is 22.6 Å². The van der Waals surface area contributed by atoms with E-state index in [2.05, 4.69) is 5.32 Å². The van der Waals surface area contributed by atoms with Crippen molar-refractivity contribution in [2.75, 3.05) is 19.5 Å². The maximum absolute atomic E-state index is 13.9. The lowest BCUT2D eigenvalue weighted by Crippen LogP contribution is -2.18. The Bertz CT molecular complexity index is 1200. The molecule has 0 unspecified atom stereocenters. The minimum absolute atomic E-state index is 0.0440. The molecule has 0 radical (unpaired) electrons. The second-order valence-electron chi connectivity index (χ2n) is 6.08. The molecule has 0 fully saturated rings. The van der Waals surface area contributed by atoms with Crippen LogP contribution in [0.2, 0.25) is 5.02 Å². The van der Waals surface area contributed by atoms with Gasteiger partial charge in [-0.25, -0.2) is 14.0 Å². The van der Waals surface area contributed by atoms with Crippen LogP contribution < -0.4 is 14.8 Å². The molecule has 1 heterocycles. The molecule has 0 aliphatic carbocycles. The normalized spacial score (nSPS) is 10.4. The van der Waals surface area contributed by atoms with Crippen LogP contribution in [0, 0.1) is 15.9 Å². The number of methoxy groups -OCH3 is 2. The Kier molecular flexibility index (Phi) is 6.91. The third kappa shape index (κ3) is 4.95. The van der Waals surface area contributed by atoms with Crippen LogP contribution in [-0.4, -0.2) is 31.2 Å². The van der Waals surface area contributed by atoms with Crippen molar-refractivity contribution in [3.8, 4) is 21.9 Å². The van der Waals surface area contributed by atoms with Crippen molar-refractivity contribution in [3.05, 3.63) is 68.3 Å². The number of rotatable bonds is 6. The van der Waals surface area contributed by atoms with Gasteiger partial charge in [0.15, 0.2) is 11.6 Å². The van der Waals surface area contributed by atoms with E-state index in [0.717, 1.165) is 17.4 Å². The first kappa shape index (κ1) is 23.0. The molecule has 1 aromatic heterocycles. The number of esters is 1. The van der Waals surface area contributed by atoms with Gasteiger partial charge in [-0.1, -0.05) is 11.6 Å². The number of halogens is 2. The first-order valence-electron chi connectivity index (χ1n) is 8.72. The highest BCUT2D eigenvalue weighted by Gasteiger charge is 2.22. The highest BCUT2D eigenvalue weighted by atomic mass is 35.5. The summed E-state index contributed by atoms with van der Waals surface area (Å²) in [5.41, 5.74) is 0.278. The summed E-state index contributed by atoms with van der Waals surface area (Å²) < 4.78 is 28.7. The number of benzene rings is 2. The van der Waals surface area contributed by atoms with Crippen LogP contribution in [0.25, 0.3) is 10.4 Å². The lowest BCUT2D eigenvalue weighted by Gasteiger charge is -2.07. The summed E-state index contributed by atoms with van der Waals surface area (Å²) in [6, 6.07) is 8.74. The van der Waals surface area contributed by atoms with Crippen molar-refractivity contribution < 1.29 is 33.1 Å². The number of anilines is 1. The molecule has 0 saturated heterocycles. The van der Waals surface area contributed by atoms with Crippen molar-refractivity contribution in [1.82, 2.24) is 0 Å². The number of hydrogen-bond acceptors (Lipinski definition) is 8. The number of carbonyl (C=O) groups excluding carboxylic acids is 2. The average Bonchev–Trinajstić information content (AvgIpc) is 3.16. The summed E-state index contributed by atoms with van der Waals surface area (Å²) >= 11 is 7.11. The third-order valence-electron chi connectivity index (χ3n) is 4.10. The van der Waals surface area contributed by atoms with E-state index in [4.69, 9.17) is 25.8 Å². The molecule has 0 spiro atoms. The fourth-order valence-electron chi connectivity index (χ4n) is 2.61. The van der Waals surface area contributed by atoms with E-state index in [1.807, 2.05) is 0 Å². The smallest absolute Gasteiger partial charge is 0.417 e. The molecule has 166 valence electrons. The standard InChI is InChI=1S/C20H14ClFN2O7S/c1-29-16-7-12(13(21)8-14(16)22)17-9-15(18(32-17)19(25)30-2)23-20(26)31-11-5-3-10(4-6-11)24(27)28/h3-9H,1-2H3,(H,23,26). The number of nitrogens with zero attached hydrogens (tertiary/aromatic N) is 1. The molecule has 0 aliphatic heterocycles. The van der Waals surface area contributed by atoms with Crippen molar-refractivity contribution in [2.24, 2.45) is 0 Å². The van der Waals surface area contributed by atoms with Crippen molar-refractivity contribution in [1.29, 1.82) is 0 Å². The number of thiophene rings is 1. The van der Waals surface area contributed by atoms with Crippen LogP contribution in [0.4, 0.5) is 20.6 Å². The number of nitro groups is 1. The SMILES string of the molecule is COC(=O)c1sc(-c2cc(OC)c(F)cc2Cl)cc1NC(=O)Oc1ccc([N+](=O)[O-])cc1. The number of amides is 1. The van der Waals surface area contributed by atoms with E-state index >= 15 is 0 Å². The Morgan fingerprint density at radius 3 is 2.44 bits per heavy atom. The van der Waals surface area contributed by atoms with Gasteiger partial charge in [0.25, 0.3) is 5.69 Å². The predicted octanol–water partition coefficient (Wildman–Crippen LogP) is 5.52. The molecule has 3 aromatic rings. The quantitative estimate of drug-likeness (QED) is 0.280. The van der Waals surface area contributed by atoms with Gasteiger partial charge in [-0.15, -0.1) is 11.3 Å². The van der Waals surface area contributed by atoms with Crippen LogP contribution in [0.5, 0.6) is 11.5 Å². The van der Waals surface area contributed by atoms with E-state index in [9.17, 15) is 24.1 Å². The molecule has 0 saturated carbocycles. The van der Waals surface area contributed by atoms with Gasteiger partial charge in [0.1, 0.15) is 10.6 Å². The molecular weight excluding hydrogens is 467 g/mol. The predicted molar refractivity (Wildman–Crippen MR) is 115 cm³/mol. The second kappa shape index (κ2) is 9.62. The zero-order chi connectivity index (χ0) is 23.4. The molecule has 3 rings (SSSR count). The zero-order valence-corrected chi connectivity index (χ0v) is 18.1. The lowest BCUT2D eigenvalue weighted by atomic mass is 10.1. The summed E-state index contributed by atoms with van der Waals surface area (Å²) in [6.45, 7) is 0. The van der Waals surface area contributed by atoms with Crippen LogP contribution in [0.1, 0.15) is 9.67 Å². The maximum atomic E-state index is 13.9. The van der Waals surface area contributed by atoms with Crippen LogP contribution in [0.15, 0.2) is 42.5 Å². The van der Waals surface area contributed by atoms with Gasteiger partial charge in [-0.05, 0) is 30.3 Å². The Balaban J connectivity index is 1.89. The molecule has 32 heavy (non-hydrogen) atoms. The highest BCUT2D eigenvalue weighted by molar-refractivity contribution is 7.18. The molecule has 9 nitrogen and oxygen atoms in total. The molecule has 0 atom stereocenters. The van der Waals surface area contributed by atoms with Crippen molar-refractivity contribution in [3.63, 3.8) is 0 Å². The fourth-order valence-corrected chi connectivity index (χ4v) is 3.98. The number of nitro benzene ring substituents is 1. The number of carbonyl (C=O) groups is 2. The molecule has 1 amide bonds. The van der Waals surface area contributed by atoms with Gasteiger partial charge in [0.05, 0.1) is 29.9 Å². The third-order valence-corrected chi connectivity index (χ3v) is 5.57. The minimum Gasteiger partial charge on any atom is -0.494 e. The van der Waals surface area contributed by atoms with E-state index in [0.29, 0.717) is 10.4 Å². The molecule has 2 aromatic carbocycles. The van der Waals surface area contributed by atoms with Crippen LogP contribution in [-0.2, 0) is 4.74 Å². The van der Waals surface area contributed by atoms with Gasteiger partial charge >= 0.3 is 12.1 Å². The Morgan fingerprint density at radius 2 is 1.84 bits per heavy atom. The largest absolute Gasteiger partial charge is 0.494 e. The average molecular weight is 481 g/mol. The summed E-state index contributed by atoms with van der Waals surface area (Å²) in [6.07, 6.45) is -0.948. The topological polar surface area (TPSA) is 117 Å². The first-order valence-corrected chi connectivity index (χ1v) is 9.91. The van der Waals surface area contributed by atoms with Gasteiger partial charge in [-0.3, -0.25) is 15.4 Å². The molecule has 12 heteroatoms. The number of non-ortho nitro benzene ring substituents is 1. The molecule has 1 N–H and O–H groups in total. The highest BCUT2D eigenvalue weighted by Crippen LogP contribution is 2.41. The first-order chi connectivity index (χ1) is 15.2. The summed E-state index contributed by atoms with van der Waals surface area (Å²) in [7, 11) is 2.47. The molecule has 0 aliphatic rings. The Hall–Kier alpha value is -3.70. The van der Waals surface area contributed by atoms with Gasteiger partial charge in [0.2, 0.25) is 0 Å². The number of hydrogen-bond donors (Lipinski definition) is 1. The summed E-state index contributed by atoms with van der Waals surface area (Å²) in [5.74, 6) is -1.38. The summed E-state index contributed by atoms with van der Waals surface area (Å²) in [4.78, 5) is 35.1. The molecule has 0 bridgehead atoms. The van der Waals surface area contributed by atoms with Gasteiger partial charge in [-0.2, -0.15) is 0 Å². The number of nitrogens with one attached hydrogen (secondary N) is 1. The van der Waals surface area contributed by atoms with Crippen molar-refractivity contribution >= 4 is 46.4 Å². The monoisotopic (exact) mass is 480 g/mol. The Labute approximate surface area is 189 Å². The zero-order valence-electron chi connectivity index (χ0n) is 16.5. The fraction of sp³-hybridized carbons (Fsp3) is 0.100. The van der Waals surface area contributed by atoms with Crippen molar-refractivity contribution in [2.45, 2.75) is 0 Å². The molecular formula is C20H14ClFN2O7S. The summed E-state index contributed by atoms with van der Waals surface area (Å²) in [5, 5.41) is 13.2. The van der Waals surface area contributed by atoms with E-state index in [-0.39, 0.29) is 32.8 Å². The minimum atomic E-state index is -0.948. The second-order valence-corrected chi connectivity index (χ2v) is 7.54. The van der Waals surface area contributed by atoms with E-state index in [1.165, 1.54) is 50.6 Å². The van der Waals surface area contributed by atoms with Crippen LogP contribution >= 0.6 is 22.9 Å². The van der Waals surface area contributed by atoms with Gasteiger partial charge < -0.3 is 14.2 Å².